The fourth-order valence-electron chi connectivity index (χ4n) is 3.14. The average molecular weight is 371 g/mol. The second kappa shape index (κ2) is 9.37. The monoisotopic (exact) mass is 371 g/mol. The van der Waals surface area contributed by atoms with Crippen LogP contribution >= 0.6 is 0 Å². The Morgan fingerprint density at radius 2 is 2.15 bits per heavy atom. The minimum atomic E-state index is -0.256. The molecule has 1 unspecified atom stereocenters. The lowest BCUT2D eigenvalue weighted by Crippen LogP contribution is -2.41. The van der Waals surface area contributed by atoms with Gasteiger partial charge in [0.15, 0.2) is 5.96 Å². The van der Waals surface area contributed by atoms with Crippen molar-refractivity contribution in [3.05, 3.63) is 65.0 Å². The highest BCUT2D eigenvalue weighted by atomic mass is 19.1. The third-order valence-corrected chi connectivity index (χ3v) is 4.44. The SMILES string of the molecule is CCNC(=NCc1ccc(F)c(COC)c1)NC1CCOc2ccccc21. The fourth-order valence-corrected chi connectivity index (χ4v) is 3.14. The molecule has 0 radical (unpaired) electrons. The van der Waals surface area contributed by atoms with Crippen molar-refractivity contribution >= 4 is 5.96 Å². The lowest BCUT2D eigenvalue weighted by atomic mass is 10.0. The number of ether oxygens (including phenoxy) is 2. The number of fused-ring (bicyclic) bond motifs is 1. The van der Waals surface area contributed by atoms with Crippen molar-refractivity contribution in [2.45, 2.75) is 32.5 Å². The number of halogens is 1. The van der Waals surface area contributed by atoms with E-state index >= 15 is 0 Å². The van der Waals surface area contributed by atoms with Gasteiger partial charge in [0.1, 0.15) is 11.6 Å². The average Bonchev–Trinajstić information content (AvgIpc) is 2.69. The summed E-state index contributed by atoms with van der Waals surface area (Å²) in [5.74, 6) is 1.39. The van der Waals surface area contributed by atoms with Gasteiger partial charge in [-0.2, -0.15) is 0 Å². The minimum Gasteiger partial charge on any atom is -0.493 e. The number of para-hydroxylation sites is 1. The van der Waals surface area contributed by atoms with Crippen molar-refractivity contribution in [1.82, 2.24) is 10.6 Å². The van der Waals surface area contributed by atoms with E-state index in [0.717, 1.165) is 35.8 Å². The van der Waals surface area contributed by atoms with Crippen LogP contribution in [0.1, 0.15) is 36.1 Å². The number of nitrogens with zero attached hydrogens (tertiary/aromatic N) is 1. The molecule has 2 N–H and O–H groups in total. The fraction of sp³-hybridized carbons (Fsp3) is 0.381. The molecule has 0 saturated carbocycles. The van der Waals surface area contributed by atoms with Crippen molar-refractivity contribution in [2.75, 3.05) is 20.3 Å². The van der Waals surface area contributed by atoms with Crippen LogP contribution < -0.4 is 15.4 Å². The molecule has 0 fully saturated rings. The molecule has 2 aromatic rings. The number of rotatable bonds is 6. The first-order valence-electron chi connectivity index (χ1n) is 9.24. The molecule has 0 bridgehead atoms. The molecule has 0 saturated heterocycles. The third-order valence-electron chi connectivity index (χ3n) is 4.44. The molecular weight excluding hydrogens is 345 g/mol. The van der Waals surface area contributed by atoms with Crippen LogP contribution in [0.3, 0.4) is 0 Å². The number of aliphatic imine (C=N–C) groups is 1. The Hall–Kier alpha value is -2.60. The quantitative estimate of drug-likeness (QED) is 0.602. The standard InChI is InChI=1S/C21H26FN3O2/c1-3-23-21(24-13-15-8-9-18(22)16(12-15)14-26-2)25-19-10-11-27-20-7-5-4-6-17(19)20/h4-9,12,19H,3,10-11,13-14H2,1-2H3,(H2,23,24,25). The zero-order valence-corrected chi connectivity index (χ0v) is 15.8. The van der Waals surface area contributed by atoms with Gasteiger partial charge in [0.25, 0.3) is 0 Å². The van der Waals surface area contributed by atoms with Crippen LogP contribution in [-0.2, 0) is 17.9 Å². The lowest BCUT2D eigenvalue weighted by molar-refractivity contribution is 0.181. The highest BCUT2D eigenvalue weighted by Gasteiger charge is 2.21. The summed E-state index contributed by atoms with van der Waals surface area (Å²) in [6, 6.07) is 13.2. The van der Waals surface area contributed by atoms with Gasteiger partial charge in [-0.3, -0.25) is 0 Å². The minimum absolute atomic E-state index is 0.144. The Balaban J connectivity index is 1.73. The Morgan fingerprint density at radius 1 is 1.30 bits per heavy atom. The van der Waals surface area contributed by atoms with Crippen molar-refractivity contribution in [1.29, 1.82) is 0 Å². The lowest BCUT2D eigenvalue weighted by Gasteiger charge is -2.28. The van der Waals surface area contributed by atoms with Crippen molar-refractivity contribution in [3.8, 4) is 5.75 Å². The molecule has 1 atom stereocenters. The predicted octanol–water partition coefficient (Wildman–Crippen LogP) is 3.55. The number of guanidine groups is 1. The Bertz CT molecular complexity index is 795. The maximum atomic E-state index is 13.8. The van der Waals surface area contributed by atoms with Gasteiger partial charge in [0.05, 0.1) is 25.8 Å². The van der Waals surface area contributed by atoms with Gasteiger partial charge >= 0.3 is 0 Å². The van der Waals surface area contributed by atoms with Gasteiger partial charge in [-0.1, -0.05) is 24.3 Å². The van der Waals surface area contributed by atoms with Gasteiger partial charge in [-0.05, 0) is 30.7 Å². The second-order valence-corrected chi connectivity index (χ2v) is 6.43. The van der Waals surface area contributed by atoms with Gasteiger partial charge in [-0.25, -0.2) is 9.38 Å². The Kier molecular flexibility index (Phi) is 6.65. The zero-order chi connectivity index (χ0) is 19.1. The van der Waals surface area contributed by atoms with E-state index in [9.17, 15) is 4.39 Å². The molecular formula is C21H26FN3O2. The largest absolute Gasteiger partial charge is 0.493 e. The molecule has 0 spiro atoms. The van der Waals surface area contributed by atoms with Gasteiger partial charge in [-0.15, -0.1) is 0 Å². The van der Waals surface area contributed by atoms with Crippen LogP contribution in [0.2, 0.25) is 0 Å². The molecule has 144 valence electrons. The summed E-state index contributed by atoms with van der Waals surface area (Å²) >= 11 is 0. The van der Waals surface area contributed by atoms with E-state index in [1.807, 2.05) is 25.1 Å². The van der Waals surface area contributed by atoms with Gasteiger partial charge < -0.3 is 20.1 Å². The van der Waals surface area contributed by atoms with E-state index in [1.54, 1.807) is 19.2 Å². The molecule has 5 nitrogen and oxygen atoms in total. The maximum Gasteiger partial charge on any atom is 0.192 e. The third kappa shape index (κ3) is 4.98. The molecule has 27 heavy (non-hydrogen) atoms. The van der Waals surface area contributed by atoms with E-state index in [1.165, 1.54) is 6.07 Å². The topological polar surface area (TPSA) is 54.9 Å². The first-order valence-corrected chi connectivity index (χ1v) is 9.24. The van der Waals surface area contributed by atoms with Crippen LogP contribution in [0.15, 0.2) is 47.5 Å². The molecule has 0 aromatic heterocycles. The van der Waals surface area contributed by atoms with Crippen LogP contribution in [-0.4, -0.2) is 26.2 Å². The van der Waals surface area contributed by atoms with E-state index in [0.29, 0.717) is 18.7 Å². The molecule has 1 heterocycles. The molecule has 2 aromatic carbocycles. The van der Waals surface area contributed by atoms with Crippen LogP contribution in [0, 0.1) is 5.82 Å². The highest BCUT2D eigenvalue weighted by molar-refractivity contribution is 5.80. The molecule has 0 amide bonds. The smallest absolute Gasteiger partial charge is 0.192 e. The molecule has 3 rings (SSSR count). The van der Waals surface area contributed by atoms with E-state index in [-0.39, 0.29) is 18.5 Å². The number of methoxy groups -OCH3 is 1. The summed E-state index contributed by atoms with van der Waals surface area (Å²) in [4.78, 5) is 4.67. The summed E-state index contributed by atoms with van der Waals surface area (Å²) in [5.41, 5.74) is 2.62. The van der Waals surface area contributed by atoms with E-state index in [2.05, 4.69) is 21.7 Å². The summed E-state index contributed by atoms with van der Waals surface area (Å²) in [6.07, 6.45) is 0.871. The van der Waals surface area contributed by atoms with Crippen LogP contribution in [0.5, 0.6) is 5.75 Å². The summed E-state index contributed by atoms with van der Waals surface area (Å²) < 4.78 is 24.5. The Labute approximate surface area is 159 Å². The Morgan fingerprint density at radius 3 is 2.96 bits per heavy atom. The highest BCUT2D eigenvalue weighted by Crippen LogP contribution is 2.31. The first kappa shape index (κ1) is 19.2. The second-order valence-electron chi connectivity index (χ2n) is 6.43. The molecule has 1 aliphatic rings. The van der Waals surface area contributed by atoms with Crippen LogP contribution in [0.4, 0.5) is 4.39 Å². The normalized spacial score (nSPS) is 16.4. The first-order chi connectivity index (χ1) is 13.2. The predicted molar refractivity (Wildman–Crippen MR) is 104 cm³/mol. The number of benzene rings is 2. The maximum absolute atomic E-state index is 13.8. The van der Waals surface area contributed by atoms with Crippen molar-refractivity contribution in [2.24, 2.45) is 4.99 Å². The molecule has 6 heteroatoms. The molecule has 1 aliphatic heterocycles. The van der Waals surface area contributed by atoms with E-state index in [4.69, 9.17) is 9.47 Å². The number of hydrogen-bond donors (Lipinski definition) is 2. The van der Waals surface area contributed by atoms with E-state index < -0.39 is 0 Å². The summed E-state index contributed by atoms with van der Waals surface area (Å²) in [5, 5.41) is 6.78. The number of hydrogen-bond acceptors (Lipinski definition) is 3. The zero-order valence-electron chi connectivity index (χ0n) is 15.8. The van der Waals surface area contributed by atoms with Crippen molar-refractivity contribution < 1.29 is 13.9 Å². The van der Waals surface area contributed by atoms with Gasteiger partial charge in [0.2, 0.25) is 0 Å². The summed E-state index contributed by atoms with van der Waals surface area (Å²) in [7, 11) is 1.56. The summed E-state index contributed by atoms with van der Waals surface area (Å²) in [6.45, 7) is 4.17. The number of nitrogens with one attached hydrogen (secondary N) is 2. The van der Waals surface area contributed by atoms with Crippen LogP contribution in [0.25, 0.3) is 0 Å². The van der Waals surface area contributed by atoms with Crippen molar-refractivity contribution in [3.63, 3.8) is 0 Å². The van der Waals surface area contributed by atoms with Gasteiger partial charge in [0, 0.05) is 31.2 Å². The molecule has 0 aliphatic carbocycles.